The maximum Gasteiger partial charge on any atom is 0.269 e. The van der Waals surface area contributed by atoms with E-state index in [9.17, 15) is 22.8 Å². The summed E-state index contributed by atoms with van der Waals surface area (Å²) in [7, 11) is -2.14. The number of rotatable bonds is 8. The van der Waals surface area contributed by atoms with E-state index in [2.05, 4.69) is 16.2 Å². The first-order valence-corrected chi connectivity index (χ1v) is 12.0. The van der Waals surface area contributed by atoms with Gasteiger partial charge in [-0.1, -0.05) is 36.8 Å². The van der Waals surface area contributed by atoms with E-state index in [-0.39, 0.29) is 29.8 Å². The standard InChI is InChI=1S/C23H28N4O5S/c1-15-4-10-19(11-5-15)33(31,32)27(3)14-17-6-8-18(9-7-17)22(29)26-25-21(28)13-24-23(30)20-12-16(20)2/h4-11,16,20H,12-14H2,1-3H3,(H,24,30)(H,25,28)(H,26,29). The Morgan fingerprint density at radius 1 is 1.00 bits per heavy atom. The average molecular weight is 473 g/mol. The van der Waals surface area contributed by atoms with Gasteiger partial charge >= 0.3 is 0 Å². The van der Waals surface area contributed by atoms with Crippen molar-refractivity contribution in [3.63, 3.8) is 0 Å². The molecule has 176 valence electrons. The highest BCUT2D eigenvalue weighted by Crippen LogP contribution is 2.37. The van der Waals surface area contributed by atoms with Crippen molar-refractivity contribution < 1.29 is 22.8 Å². The Bertz CT molecular complexity index is 1130. The van der Waals surface area contributed by atoms with E-state index in [0.717, 1.165) is 12.0 Å². The van der Waals surface area contributed by atoms with Crippen LogP contribution in [-0.4, -0.2) is 44.0 Å². The zero-order chi connectivity index (χ0) is 24.2. The monoisotopic (exact) mass is 472 g/mol. The minimum atomic E-state index is -3.64. The molecule has 0 aliphatic heterocycles. The highest BCUT2D eigenvalue weighted by atomic mass is 32.2. The molecule has 9 nitrogen and oxygen atoms in total. The van der Waals surface area contributed by atoms with Crippen molar-refractivity contribution in [1.29, 1.82) is 0 Å². The Balaban J connectivity index is 1.48. The van der Waals surface area contributed by atoms with E-state index < -0.39 is 21.8 Å². The minimum Gasteiger partial charge on any atom is -0.347 e. The second-order valence-electron chi connectivity index (χ2n) is 8.31. The van der Waals surface area contributed by atoms with Gasteiger partial charge in [0, 0.05) is 25.1 Å². The predicted molar refractivity (Wildman–Crippen MR) is 122 cm³/mol. The molecule has 0 aromatic heterocycles. The summed E-state index contributed by atoms with van der Waals surface area (Å²) in [5.74, 6) is -0.911. The molecule has 3 N–H and O–H groups in total. The maximum atomic E-state index is 12.7. The lowest BCUT2D eigenvalue weighted by molar-refractivity contribution is -0.127. The van der Waals surface area contributed by atoms with Crippen molar-refractivity contribution >= 4 is 27.7 Å². The molecule has 1 aliphatic carbocycles. The number of aryl methyl sites for hydroxylation is 1. The summed E-state index contributed by atoms with van der Waals surface area (Å²) < 4.78 is 26.7. The summed E-state index contributed by atoms with van der Waals surface area (Å²) >= 11 is 0. The number of nitrogens with zero attached hydrogens (tertiary/aromatic N) is 1. The fourth-order valence-corrected chi connectivity index (χ4v) is 4.38. The SMILES string of the molecule is Cc1ccc(S(=O)(=O)N(C)Cc2ccc(C(=O)NNC(=O)CNC(=O)C3CC3C)cc2)cc1. The van der Waals surface area contributed by atoms with E-state index in [0.29, 0.717) is 17.0 Å². The summed E-state index contributed by atoms with van der Waals surface area (Å²) in [5.41, 5.74) is 6.51. The van der Waals surface area contributed by atoms with Gasteiger partial charge in [-0.25, -0.2) is 8.42 Å². The Labute approximate surface area is 193 Å². The van der Waals surface area contributed by atoms with Crippen LogP contribution in [0.2, 0.25) is 0 Å². The lowest BCUT2D eigenvalue weighted by atomic mass is 10.1. The van der Waals surface area contributed by atoms with Gasteiger partial charge in [-0.2, -0.15) is 4.31 Å². The molecule has 3 rings (SSSR count). The van der Waals surface area contributed by atoms with Crippen molar-refractivity contribution in [2.45, 2.75) is 31.7 Å². The summed E-state index contributed by atoms with van der Waals surface area (Å²) in [6.45, 7) is 3.77. The molecule has 2 atom stereocenters. The highest BCUT2D eigenvalue weighted by molar-refractivity contribution is 7.89. The molecule has 2 unspecified atom stereocenters. The first-order chi connectivity index (χ1) is 15.6. The lowest BCUT2D eigenvalue weighted by Gasteiger charge is -2.17. The predicted octanol–water partition coefficient (Wildman–Crippen LogP) is 1.35. The minimum absolute atomic E-state index is 0.0307. The van der Waals surface area contributed by atoms with Gasteiger partial charge < -0.3 is 5.32 Å². The molecule has 3 amide bonds. The van der Waals surface area contributed by atoms with Crippen LogP contribution in [0.15, 0.2) is 53.4 Å². The van der Waals surface area contributed by atoms with Crippen molar-refractivity contribution in [2.75, 3.05) is 13.6 Å². The zero-order valence-electron chi connectivity index (χ0n) is 18.8. The van der Waals surface area contributed by atoms with Gasteiger partial charge in [0.05, 0.1) is 11.4 Å². The quantitative estimate of drug-likeness (QED) is 0.500. The largest absolute Gasteiger partial charge is 0.347 e. The molecule has 2 aromatic rings. The Morgan fingerprint density at radius 2 is 1.61 bits per heavy atom. The molecule has 10 heteroatoms. The van der Waals surface area contributed by atoms with Crippen molar-refractivity contribution in [3.05, 3.63) is 65.2 Å². The molecule has 1 saturated carbocycles. The van der Waals surface area contributed by atoms with Crippen LogP contribution in [0.3, 0.4) is 0 Å². The second-order valence-corrected chi connectivity index (χ2v) is 10.4. The van der Waals surface area contributed by atoms with E-state index in [1.165, 1.54) is 11.4 Å². The number of amides is 3. The third-order valence-electron chi connectivity index (χ3n) is 5.54. The van der Waals surface area contributed by atoms with Crippen LogP contribution in [0, 0.1) is 18.8 Å². The van der Waals surface area contributed by atoms with Gasteiger partial charge in [-0.05, 0) is 49.1 Å². The van der Waals surface area contributed by atoms with Gasteiger partial charge in [0.15, 0.2) is 0 Å². The molecule has 0 heterocycles. The summed E-state index contributed by atoms with van der Waals surface area (Å²) in [6, 6.07) is 13.0. The van der Waals surface area contributed by atoms with Crippen LogP contribution in [0.1, 0.15) is 34.8 Å². The first-order valence-electron chi connectivity index (χ1n) is 10.6. The fraction of sp³-hybridized carbons (Fsp3) is 0.348. The average Bonchev–Trinajstić information content (AvgIpc) is 3.53. The maximum absolute atomic E-state index is 12.7. The van der Waals surface area contributed by atoms with Crippen LogP contribution in [0.5, 0.6) is 0 Å². The van der Waals surface area contributed by atoms with E-state index in [4.69, 9.17) is 0 Å². The molecule has 0 saturated heterocycles. The smallest absolute Gasteiger partial charge is 0.269 e. The van der Waals surface area contributed by atoms with Crippen molar-refractivity contribution in [1.82, 2.24) is 20.5 Å². The molecule has 33 heavy (non-hydrogen) atoms. The second kappa shape index (κ2) is 10.1. The van der Waals surface area contributed by atoms with Gasteiger partial charge in [0.1, 0.15) is 0 Å². The molecular weight excluding hydrogens is 444 g/mol. The van der Waals surface area contributed by atoms with Crippen LogP contribution in [-0.2, 0) is 26.2 Å². The highest BCUT2D eigenvalue weighted by Gasteiger charge is 2.39. The number of sulfonamides is 1. The topological polar surface area (TPSA) is 125 Å². The first kappa shape index (κ1) is 24.4. The van der Waals surface area contributed by atoms with Gasteiger partial charge in [0.25, 0.3) is 11.8 Å². The Kier molecular flexibility index (Phi) is 7.50. The van der Waals surface area contributed by atoms with E-state index >= 15 is 0 Å². The number of benzene rings is 2. The van der Waals surface area contributed by atoms with Gasteiger partial charge in [-0.3, -0.25) is 25.2 Å². The molecule has 2 aromatic carbocycles. The Morgan fingerprint density at radius 3 is 2.18 bits per heavy atom. The number of hydrogen-bond donors (Lipinski definition) is 3. The van der Waals surface area contributed by atoms with Crippen LogP contribution < -0.4 is 16.2 Å². The zero-order valence-corrected chi connectivity index (χ0v) is 19.6. The van der Waals surface area contributed by atoms with Crippen LogP contribution >= 0.6 is 0 Å². The summed E-state index contributed by atoms with van der Waals surface area (Å²) in [5, 5.41) is 2.53. The van der Waals surface area contributed by atoms with E-state index in [1.807, 2.05) is 13.8 Å². The van der Waals surface area contributed by atoms with Gasteiger partial charge in [0.2, 0.25) is 15.9 Å². The van der Waals surface area contributed by atoms with E-state index in [1.54, 1.807) is 48.5 Å². The number of hydrogen-bond acceptors (Lipinski definition) is 5. The van der Waals surface area contributed by atoms with Crippen molar-refractivity contribution in [2.24, 2.45) is 11.8 Å². The third kappa shape index (κ3) is 6.39. The summed E-state index contributed by atoms with van der Waals surface area (Å²) in [4.78, 5) is 36.0. The number of nitrogens with one attached hydrogen (secondary N) is 3. The van der Waals surface area contributed by atoms with Gasteiger partial charge in [-0.15, -0.1) is 0 Å². The fourth-order valence-electron chi connectivity index (χ4n) is 3.22. The number of carbonyl (C=O) groups is 3. The normalized spacial score (nSPS) is 17.3. The summed E-state index contributed by atoms with van der Waals surface area (Å²) in [6.07, 6.45) is 0.827. The number of hydrazine groups is 1. The molecule has 1 fully saturated rings. The molecule has 0 spiro atoms. The number of carbonyl (C=O) groups excluding carboxylic acids is 3. The molecular formula is C23H28N4O5S. The molecule has 0 radical (unpaired) electrons. The molecule has 0 bridgehead atoms. The van der Waals surface area contributed by atoms with Crippen LogP contribution in [0.4, 0.5) is 0 Å². The van der Waals surface area contributed by atoms with Crippen LogP contribution in [0.25, 0.3) is 0 Å². The van der Waals surface area contributed by atoms with Crippen molar-refractivity contribution in [3.8, 4) is 0 Å². The third-order valence-corrected chi connectivity index (χ3v) is 7.35. The Hall–Kier alpha value is -3.24. The molecule has 1 aliphatic rings. The lowest BCUT2D eigenvalue weighted by Crippen LogP contribution is -2.46.